The Morgan fingerprint density at radius 1 is 0.917 bits per heavy atom. The van der Waals surface area contributed by atoms with Gasteiger partial charge in [0.15, 0.2) is 11.6 Å². The van der Waals surface area contributed by atoms with Gasteiger partial charge in [-0.1, -0.05) is 49.1 Å². The van der Waals surface area contributed by atoms with Crippen molar-refractivity contribution in [2.45, 2.75) is 12.8 Å². The van der Waals surface area contributed by atoms with Crippen LogP contribution in [0.3, 0.4) is 0 Å². The molecule has 8 rings (SSSR count). The Bertz CT molecular complexity index is 1940. The lowest BCUT2D eigenvalue weighted by atomic mass is 9.65. The van der Waals surface area contributed by atoms with Gasteiger partial charge in [0.05, 0.1) is 11.0 Å². The molecule has 36 heavy (non-hydrogen) atoms. The predicted molar refractivity (Wildman–Crippen MR) is 142 cm³/mol. The third-order valence-corrected chi connectivity index (χ3v) is 8.27. The number of carbonyl (C=O) groups is 2. The summed E-state index contributed by atoms with van der Waals surface area (Å²) in [6, 6.07) is 4.03. The number of rotatable bonds is 0. The van der Waals surface area contributed by atoms with Gasteiger partial charge in [-0.2, -0.15) is 0 Å². The second kappa shape index (κ2) is 6.86. The number of nitrogens with zero attached hydrogens (tertiary/aromatic N) is 1. The number of ketones is 2. The van der Waals surface area contributed by atoms with E-state index in [-0.39, 0.29) is 23.4 Å². The molecule has 2 aromatic rings. The highest BCUT2D eigenvalue weighted by Gasteiger charge is 2.37. The Morgan fingerprint density at radius 2 is 1.83 bits per heavy atom. The highest BCUT2D eigenvalue weighted by molar-refractivity contribution is 6.17. The Labute approximate surface area is 207 Å². The molecule has 0 saturated heterocycles. The molecule has 3 nitrogen and oxygen atoms in total. The minimum absolute atomic E-state index is 0.0223. The molecule has 0 amide bonds. The van der Waals surface area contributed by atoms with Crippen LogP contribution in [0.4, 0.5) is 0 Å². The van der Waals surface area contributed by atoms with E-state index in [4.69, 9.17) is 4.98 Å². The van der Waals surface area contributed by atoms with Crippen molar-refractivity contribution < 1.29 is 9.59 Å². The van der Waals surface area contributed by atoms with Gasteiger partial charge in [-0.25, -0.2) is 4.98 Å². The van der Waals surface area contributed by atoms with Crippen LogP contribution in [0.2, 0.25) is 0 Å². The second-order valence-electron chi connectivity index (χ2n) is 10.3. The first kappa shape index (κ1) is 19.9. The SMILES string of the molecule is C=C1C=c2nc3c(c4c2=C2C(=CC4)C=C4C=CC=CC4C12)CC(=O)C=c1cc2c(cc1-3)=CC(=O)C=C2. The number of carbonyl (C=O) groups excluding carboxylic acids is 2. The van der Waals surface area contributed by atoms with Crippen LogP contribution in [-0.2, 0) is 22.4 Å². The number of hydrogen-bond donors (Lipinski definition) is 0. The van der Waals surface area contributed by atoms with Crippen LogP contribution in [0.15, 0.2) is 78.0 Å². The third kappa shape index (κ3) is 2.60. The van der Waals surface area contributed by atoms with E-state index in [1.807, 2.05) is 18.2 Å². The van der Waals surface area contributed by atoms with Crippen molar-refractivity contribution in [1.29, 1.82) is 0 Å². The standard InChI is InChI=1S/C33H21NO2/c1-17-10-29-32-26(9-7-20-12-19-4-2-3-5-25(19)30(17)31(20)32)28-16-24(36)14-22-11-18-6-8-23(35)13-21(18)15-27(22)33(28)34-29/h2-8,10-15,25,30H,1,9,16H2. The van der Waals surface area contributed by atoms with Crippen LogP contribution in [0.25, 0.3) is 41.1 Å². The van der Waals surface area contributed by atoms with Crippen molar-refractivity contribution in [2.75, 3.05) is 0 Å². The molecular weight excluding hydrogens is 442 g/mol. The van der Waals surface area contributed by atoms with Crippen LogP contribution >= 0.6 is 0 Å². The largest absolute Gasteiger partial charge is 0.294 e. The molecule has 0 spiro atoms. The Balaban J connectivity index is 1.48. The summed E-state index contributed by atoms with van der Waals surface area (Å²) in [4.78, 5) is 30.5. The number of aromatic nitrogens is 1. The van der Waals surface area contributed by atoms with Crippen LogP contribution < -0.4 is 21.0 Å². The van der Waals surface area contributed by atoms with E-state index in [2.05, 4.69) is 49.1 Å². The summed E-state index contributed by atoms with van der Waals surface area (Å²) in [6.45, 7) is 4.49. The minimum Gasteiger partial charge on any atom is -0.294 e. The van der Waals surface area contributed by atoms with Crippen molar-refractivity contribution in [1.82, 2.24) is 4.98 Å². The molecule has 0 fully saturated rings. The number of Topliss-reactive ketones (excluding diaryl/α,β-unsaturated/α-hetero) is 1. The van der Waals surface area contributed by atoms with Crippen molar-refractivity contribution in [3.05, 3.63) is 116 Å². The Hall–Kier alpha value is -4.37. The van der Waals surface area contributed by atoms with Crippen molar-refractivity contribution in [2.24, 2.45) is 11.8 Å². The zero-order chi connectivity index (χ0) is 24.1. The van der Waals surface area contributed by atoms with E-state index < -0.39 is 0 Å². The molecule has 1 heterocycles. The van der Waals surface area contributed by atoms with Gasteiger partial charge < -0.3 is 0 Å². The predicted octanol–water partition coefficient (Wildman–Crippen LogP) is 2.31. The molecular formula is C33H21NO2. The molecule has 170 valence electrons. The molecule has 6 aliphatic rings. The summed E-state index contributed by atoms with van der Waals surface area (Å²) in [5.41, 5.74) is 9.91. The van der Waals surface area contributed by atoms with Gasteiger partial charge in [0, 0.05) is 29.0 Å². The van der Waals surface area contributed by atoms with E-state index in [0.717, 1.165) is 50.2 Å². The Morgan fingerprint density at radius 3 is 2.75 bits per heavy atom. The van der Waals surface area contributed by atoms with Crippen LogP contribution in [-0.4, -0.2) is 16.6 Å². The molecule has 3 heteroatoms. The number of allylic oxidation sites excluding steroid dienone is 10. The molecule has 2 unspecified atom stereocenters. The second-order valence-corrected chi connectivity index (χ2v) is 10.3. The van der Waals surface area contributed by atoms with Gasteiger partial charge in [0.1, 0.15) is 0 Å². The van der Waals surface area contributed by atoms with Crippen molar-refractivity contribution in [3.8, 4) is 11.3 Å². The summed E-state index contributed by atoms with van der Waals surface area (Å²) in [5, 5.41) is 3.87. The van der Waals surface area contributed by atoms with Gasteiger partial charge in [0.25, 0.3) is 0 Å². The molecule has 0 bridgehead atoms. The maximum Gasteiger partial charge on any atom is 0.179 e. The first-order valence-electron chi connectivity index (χ1n) is 12.4. The maximum absolute atomic E-state index is 13.2. The molecule has 0 saturated carbocycles. The monoisotopic (exact) mass is 463 g/mol. The van der Waals surface area contributed by atoms with E-state index in [1.165, 1.54) is 27.5 Å². The lowest BCUT2D eigenvalue weighted by Gasteiger charge is -2.38. The van der Waals surface area contributed by atoms with Crippen molar-refractivity contribution >= 4 is 41.4 Å². The molecule has 0 N–H and O–H groups in total. The first-order chi connectivity index (χ1) is 17.5. The molecule has 2 atom stereocenters. The number of benzene rings is 1. The third-order valence-electron chi connectivity index (χ3n) is 8.27. The average Bonchev–Trinajstić information content (AvgIpc) is 3.00. The summed E-state index contributed by atoms with van der Waals surface area (Å²) in [6.07, 6.45) is 23.4. The fourth-order valence-corrected chi connectivity index (χ4v) is 6.75. The summed E-state index contributed by atoms with van der Waals surface area (Å²) < 4.78 is 0. The van der Waals surface area contributed by atoms with Gasteiger partial charge in [-0.05, 0) is 92.3 Å². The Kier molecular flexibility index (Phi) is 3.79. The molecule has 1 aromatic heterocycles. The fourth-order valence-electron chi connectivity index (χ4n) is 6.75. The normalized spacial score (nSPS) is 23.6. The topological polar surface area (TPSA) is 47.0 Å². The highest BCUT2D eigenvalue weighted by atomic mass is 16.1. The number of hydrogen-bond acceptors (Lipinski definition) is 3. The quantitative estimate of drug-likeness (QED) is 0.603. The van der Waals surface area contributed by atoms with Gasteiger partial charge in [-0.15, -0.1) is 0 Å². The molecule has 1 aromatic carbocycles. The van der Waals surface area contributed by atoms with Gasteiger partial charge in [-0.3, -0.25) is 9.59 Å². The van der Waals surface area contributed by atoms with E-state index >= 15 is 0 Å². The zero-order valence-corrected chi connectivity index (χ0v) is 19.5. The fraction of sp³-hybridized carbons (Fsp3) is 0.121. The summed E-state index contributed by atoms with van der Waals surface area (Å²) in [5.74, 6) is 0.515. The summed E-state index contributed by atoms with van der Waals surface area (Å²) in [7, 11) is 0. The zero-order valence-electron chi connectivity index (χ0n) is 19.5. The lowest BCUT2D eigenvalue weighted by Crippen LogP contribution is -2.45. The molecule has 0 aliphatic heterocycles. The first-order valence-corrected chi connectivity index (χ1v) is 12.4. The van der Waals surface area contributed by atoms with Gasteiger partial charge >= 0.3 is 0 Å². The van der Waals surface area contributed by atoms with Gasteiger partial charge in [0.2, 0.25) is 0 Å². The van der Waals surface area contributed by atoms with E-state index in [9.17, 15) is 9.59 Å². The smallest absolute Gasteiger partial charge is 0.179 e. The van der Waals surface area contributed by atoms with E-state index in [0.29, 0.717) is 6.42 Å². The maximum atomic E-state index is 13.2. The van der Waals surface area contributed by atoms with Crippen LogP contribution in [0, 0.1) is 11.8 Å². The lowest BCUT2D eigenvalue weighted by molar-refractivity contribution is -0.112. The highest BCUT2D eigenvalue weighted by Crippen LogP contribution is 2.46. The molecule has 6 aliphatic carbocycles. The molecule has 0 radical (unpaired) electrons. The minimum atomic E-state index is -0.0223. The summed E-state index contributed by atoms with van der Waals surface area (Å²) >= 11 is 0. The van der Waals surface area contributed by atoms with E-state index in [1.54, 1.807) is 18.2 Å². The number of pyridine rings is 1. The van der Waals surface area contributed by atoms with Crippen molar-refractivity contribution in [3.63, 3.8) is 0 Å². The average molecular weight is 464 g/mol. The number of fused-ring (bicyclic) bond motifs is 7. The van der Waals surface area contributed by atoms with Crippen LogP contribution in [0.5, 0.6) is 0 Å². The van der Waals surface area contributed by atoms with Crippen LogP contribution in [0.1, 0.15) is 16.7 Å².